The van der Waals surface area contributed by atoms with Crippen LogP contribution in [0.2, 0.25) is 0 Å². The van der Waals surface area contributed by atoms with Crippen molar-refractivity contribution in [3.05, 3.63) is 59.7 Å². The monoisotopic (exact) mass is 397 g/mol. The molecule has 3 N–H and O–H groups in total. The first kappa shape index (κ1) is 19.9. The maximum Gasteiger partial charge on any atom is 0.274 e. The Morgan fingerprint density at radius 1 is 1.10 bits per heavy atom. The van der Waals surface area contributed by atoms with Gasteiger partial charge in [0.05, 0.1) is 6.54 Å². The van der Waals surface area contributed by atoms with Gasteiger partial charge in [-0.1, -0.05) is 6.07 Å². The van der Waals surface area contributed by atoms with Crippen molar-refractivity contribution in [2.24, 2.45) is 0 Å². The van der Waals surface area contributed by atoms with E-state index in [1.54, 1.807) is 43.5 Å². The van der Waals surface area contributed by atoms with Crippen molar-refractivity contribution in [3.63, 3.8) is 0 Å². The predicted molar refractivity (Wildman–Crippen MR) is 104 cm³/mol. The van der Waals surface area contributed by atoms with Gasteiger partial charge in [0.15, 0.2) is 11.5 Å². The van der Waals surface area contributed by atoms with Crippen LogP contribution in [0.4, 0.5) is 5.69 Å². The number of hydrogen-bond donors (Lipinski definition) is 3. The molecule has 0 saturated carbocycles. The Bertz CT molecular complexity index is 955. The average Bonchev–Trinajstić information content (AvgIpc) is 3.23. The molecule has 3 amide bonds. The summed E-state index contributed by atoms with van der Waals surface area (Å²) in [6.07, 6.45) is 2.93. The number of hydroxylamine groups is 1. The van der Waals surface area contributed by atoms with Gasteiger partial charge in [-0.25, -0.2) is 5.48 Å². The first-order valence-corrected chi connectivity index (χ1v) is 8.64. The second-order valence-corrected chi connectivity index (χ2v) is 6.10. The molecule has 150 valence electrons. The van der Waals surface area contributed by atoms with Gasteiger partial charge in [0.1, 0.15) is 0 Å². The van der Waals surface area contributed by atoms with Crippen LogP contribution < -0.4 is 25.2 Å². The van der Waals surface area contributed by atoms with Crippen molar-refractivity contribution >= 4 is 29.5 Å². The maximum absolute atomic E-state index is 12.3. The lowest BCUT2D eigenvalue weighted by Crippen LogP contribution is -2.37. The van der Waals surface area contributed by atoms with Crippen LogP contribution in [-0.2, 0) is 9.59 Å². The van der Waals surface area contributed by atoms with E-state index in [0.29, 0.717) is 17.2 Å². The molecular weight excluding hydrogens is 378 g/mol. The normalized spacial score (nSPS) is 11.9. The average molecular weight is 397 g/mol. The lowest BCUT2D eigenvalue weighted by Gasteiger charge is -2.17. The van der Waals surface area contributed by atoms with Crippen molar-refractivity contribution in [3.8, 4) is 11.5 Å². The molecule has 0 atom stereocenters. The van der Waals surface area contributed by atoms with Crippen molar-refractivity contribution in [2.75, 3.05) is 25.3 Å². The number of carbonyl (C=O) groups is 3. The van der Waals surface area contributed by atoms with E-state index >= 15 is 0 Å². The molecule has 0 bridgehead atoms. The highest BCUT2D eigenvalue weighted by Crippen LogP contribution is 2.32. The molecule has 2 aromatic carbocycles. The molecule has 1 aliphatic heterocycles. The third-order valence-corrected chi connectivity index (χ3v) is 4.23. The van der Waals surface area contributed by atoms with Crippen LogP contribution in [0.3, 0.4) is 0 Å². The lowest BCUT2D eigenvalue weighted by molar-refractivity contribution is -0.122. The minimum atomic E-state index is -0.646. The topological polar surface area (TPSA) is 117 Å². The zero-order valence-corrected chi connectivity index (χ0v) is 15.5. The number of ether oxygens (including phenoxy) is 2. The quantitative estimate of drug-likeness (QED) is 0.385. The third-order valence-electron chi connectivity index (χ3n) is 4.23. The van der Waals surface area contributed by atoms with Gasteiger partial charge in [0.25, 0.3) is 5.91 Å². The number of anilines is 1. The Kier molecular flexibility index (Phi) is 6.10. The molecule has 0 spiro atoms. The van der Waals surface area contributed by atoms with E-state index in [4.69, 9.17) is 14.7 Å². The SMILES string of the molecule is CN(C(=O)CNC(=O)/C=C/c1ccc2c(c1)OCO2)c1ccc(C(=O)NO)cc1. The number of nitrogens with one attached hydrogen (secondary N) is 2. The summed E-state index contributed by atoms with van der Waals surface area (Å²) < 4.78 is 10.5. The van der Waals surface area contributed by atoms with E-state index in [2.05, 4.69) is 5.32 Å². The Morgan fingerprint density at radius 3 is 2.55 bits per heavy atom. The number of carbonyl (C=O) groups excluding carboxylic acids is 3. The molecule has 0 aliphatic carbocycles. The predicted octanol–water partition coefficient (Wildman–Crippen LogP) is 1.33. The van der Waals surface area contributed by atoms with E-state index in [9.17, 15) is 14.4 Å². The van der Waals surface area contributed by atoms with Gasteiger partial charge in [-0.15, -0.1) is 0 Å². The van der Waals surface area contributed by atoms with E-state index in [1.807, 2.05) is 0 Å². The van der Waals surface area contributed by atoms with Gasteiger partial charge in [0, 0.05) is 24.4 Å². The summed E-state index contributed by atoms with van der Waals surface area (Å²) in [5, 5.41) is 11.1. The van der Waals surface area contributed by atoms with Crippen molar-refractivity contribution < 1.29 is 29.1 Å². The Labute approximate surface area is 166 Å². The molecule has 0 unspecified atom stereocenters. The molecule has 2 aromatic rings. The van der Waals surface area contributed by atoms with Crippen molar-refractivity contribution in [1.82, 2.24) is 10.8 Å². The molecule has 29 heavy (non-hydrogen) atoms. The second-order valence-electron chi connectivity index (χ2n) is 6.10. The molecule has 0 radical (unpaired) electrons. The van der Waals surface area contributed by atoms with Crippen molar-refractivity contribution in [2.45, 2.75) is 0 Å². The number of hydrogen-bond acceptors (Lipinski definition) is 6. The van der Waals surface area contributed by atoms with E-state index < -0.39 is 11.8 Å². The highest BCUT2D eigenvalue weighted by molar-refractivity contribution is 5.99. The smallest absolute Gasteiger partial charge is 0.274 e. The molecule has 1 aliphatic rings. The fourth-order valence-corrected chi connectivity index (χ4v) is 2.57. The van der Waals surface area contributed by atoms with Gasteiger partial charge in [-0.3, -0.25) is 19.6 Å². The van der Waals surface area contributed by atoms with Gasteiger partial charge < -0.3 is 19.7 Å². The van der Waals surface area contributed by atoms with Gasteiger partial charge >= 0.3 is 0 Å². The molecule has 0 fully saturated rings. The molecular formula is C20H19N3O6. The fourth-order valence-electron chi connectivity index (χ4n) is 2.57. The van der Waals surface area contributed by atoms with Crippen LogP contribution in [0.15, 0.2) is 48.5 Å². The van der Waals surface area contributed by atoms with Crippen LogP contribution in [0.1, 0.15) is 15.9 Å². The number of rotatable bonds is 6. The summed E-state index contributed by atoms with van der Waals surface area (Å²) in [5.41, 5.74) is 3.08. The molecule has 1 heterocycles. The number of fused-ring (bicyclic) bond motifs is 1. The first-order chi connectivity index (χ1) is 14.0. The van der Waals surface area contributed by atoms with Gasteiger partial charge in [0.2, 0.25) is 18.6 Å². The van der Waals surface area contributed by atoms with Crippen molar-refractivity contribution in [1.29, 1.82) is 0 Å². The van der Waals surface area contributed by atoms with Crippen LogP contribution in [-0.4, -0.2) is 43.3 Å². The van der Waals surface area contributed by atoms with Crippen LogP contribution in [0, 0.1) is 0 Å². The summed E-state index contributed by atoms with van der Waals surface area (Å²) in [5.74, 6) is -0.127. The number of likely N-dealkylation sites (N-methyl/N-ethyl adjacent to an activating group) is 1. The van der Waals surface area contributed by atoms with Crippen LogP contribution >= 0.6 is 0 Å². The zero-order valence-electron chi connectivity index (χ0n) is 15.5. The largest absolute Gasteiger partial charge is 0.454 e. The van der Waals surface area contributed by atoms with E-state index in [1.165, 1.54) is 28.6 Å². The van der Waals surface area contributed by atoms with Gasteiger partial charge in [-0.2, -0.15) is 0 Å². The molecule has 0 aromatic heterocycles. The Morgan fingerprint density at radius 2 is 1.83 bits per heavy atom. The Hall–Kier alpha value is -3.85. The minimum Gasteiger partial charge on any atom is -0.454 e. The molecule has 9 nitrogen and oxygen atoms in total. The Balaban J connectivity index is 1.51. The van der Waals surface area contributed by atoms with E-state index in [0.717, 1.165) is 5.56 Å². The lowest BCUT2D eigenvalue weighted by atomic mass is 10.2. The number of benzene rings is 2. The minimum absolute atomic E-state index is 0.177. The summed E-state index contributed by atoms with van der Waals surface area (Å²) in [6.45, 7) is -0.0182. The second kappa shape index (κ2) is 8.89. The molecule has 0 saturated heterocycles. The summed E-state index contributed by atoms with van der Waals surface area (Å²) in [6, 6.07) is 11.4. The van der Waals surface area contributed by atoms with Crippen LogP contribution in [0.25, 0.3) is 6.08 Å². The first-order valence-electron chi connectivity index (χ1n) is 8.64. The standard InChI is InChI=1S/C20H19N3O6/c1-23(15-6-4-14(5-7-15)20(26)22-27)19(25)11-21-18(24)9-3-13-2-8-16-17(10-13)29-12-28-16/h2-10,27H,11-12H2,1H3,(H,21,24)(H,22,26)/b9-3+. The van der Waals surface area contributed by atoms with Crippen LogP contribution in [0.5, 0.6) is 11.5 Å². The highest BCUT2D eigenvalue weighted by Gasteiger charge is 2.14. The fraction of sp³-hybridized carbons (Fsp3) is 0.150. The number of nitrogens with zero attached hydrogens (tertiary/aromatic N) is 1. The summed E-state index contributed by atoms with van der Waals surface area (Å²) >= 11 is 0. The summed E-state index contributed by atoms with van der Waals surface area (Å²) in [4.78, 5) is 36.9. The third kappa shape index (κ3) is 4.90. The van der Waals surface area contributed by atoms with Gasteiger partial charge in [-0.05, 0) is 48.0 Å². The molecule has 9 heteroatoms. The highest BCUT2D eigenvalue weighted by atomic mass is 16.7. The summed E-state index contributed by atoms with van der Waals surface area (Å²) in [7, 11) is 1.55. The van der Waals surface area contributed by atoms with E-state index in [-0.39, 0.29) is 24.8 Å². The zero-order chi connectivity index (χ0) is 20.8. The molecule has 3 rings (SSSR count). The number of amides is 3. The maximum atomic E-state index is 12.3.